The summed E-state index contributed by atoms with van der Waals surface area (Å²) in [7, 11) is -3.88. The van der Waals surface area contributed by atoms with Crippen LogP contribution in [-0.4, -0.2) is 139 Å². The van der Waals surface area contributed by atoms with Crippen LogP contribution >= 0.6 is 11.6 Å². The Hall–Kier alpha value is -5.41. The van der Waals surface area contributed by atoms with Gasteiger partial charge >= 0.3 is 12.0 Å². The zero-order valence-corrected chi connectivity index (χ0v) is 35.8. The van der Waals surface area contributed by atoms with Gasteiger partial charge in [-0.25, -0.2) is 31.5 Å². The SMILES string of the molecule is C[C@@H]1C[C@H]2C(=O)OC[C@H](NC(=O)[C@H](Cc3cccc(F)c3)NC(=O)Nc3ccc(Cl)cc3F)C(=O)N3CC(NS(C)(=O)=O)C[C@H]3C(=O)N3CCCC[C@H]3C(=O)N[C@@H](C)C(=O)N2C1. The van der Waals surface area contributed by atoms with Crippen LogP contribution in [0.15, 0.2) is 42.5 Å². The second-order valence-corrected chi connectivity index (χ2v) is 18.5. The number of cyclic esters (lactones) is 1. The fraction of sp³-hybridized carbons (Fsp3) is 0.525. The number of hydrogen-bond donors (Lipinski definition) is 5. The number of nitrogens with zero attached hydrogens (tertiary/aromatic N) is 3. The van der Waals surface area contributed by atoms with Crippen LogP contribution in [0.5, 0.6) is 0 Å². The van der Waals surface area contributed by atoms with Crippen LogP contribution in [0, 0.1) is 17.6 Å². The van der Waals surface area contributed by atoms with Gasteiger partial charge in [-0.2, -0.15) is 0 Å². The van der Waals surface area contributed by atoms with Gasteiger partial charge in [0.05, 0.1) is 11.9 Å². The number of anilines is 1. The van der Waals surface area contributed by atoms with E-state index in [4.69, 9.17) is 16.3 Å². The number of fused-ring (bicyclic) bond motifs is 3. The molecule has 4 heterocycles. The molecule has 4 saturated heterocycles. The van der Waals surface area contributed by atoms with Gasteiger partial charge in [0.25, 0.3) is 0 Å². The fourth-order valence-corrected chi connectivity index (χ4v) is 9.35. The number of piperidine rings is 1. The molecule has 2 aromatic carbocycles. The highest BCUT2D eigenvalue weighted by molar-refractivity contribution is 7.88. The molecule has 1 unspecified atom stereocenters. The van der Waals surface area contributed by atoms with Crippen molar-refractivity contribution in [2.75, 3.05) is 37.8 Å². The highest BCUT2D eigenvalue weighted by Gasteiger charge is 2.48. The van der Waals surface area contributed by atoms with E-state index in [0.29, 0.717) is 12.8 Å². The van der Waals surface area contributed by atoms with Gasteiger partial charge in [-0.05, 0) is 80.8 Å². The Labute approximate surface area is 361 Å². The molecule has 7 amide bonds. The number of urea groups is 1. The number of ether oxygens (including phenoxy) is 1. The lowest BCUT2D eigenvalue weighted by Crippen LogP contribution is -2.62. The maximum atomic E-state index is 14.8. The molecular formula is C40H49ClF2N8O10S. The van der Waals surface area contributed by atoms with Crippen LogP contribution in [0.4, 0.5) is 19.3 Å². The molecule has 0 radical (unpaired) electrons. The maximum Gasteiger partial charge on any atom is 0.328 e. The number of hydrogen-bond acceptors (Lipinski definition) is 10. The number of esters is 1. The van der Waals surface area contributed by atoms with Crippen LogP contribution in [0.2, 0.25) is 5.02 Å². The zero-order valence-electron chi connectivity index (χ0n) is 34.2. The minimum absolute atomic E-state index is 0.0503. The molecule has 0 bridgehead atoms. The highest BCUT2D eigenvalue weighted by Crippen LogP contribution is 2.29. The number of nitrogens with one attached hydrogen (secondary N) is 5. The van der Waals surface area contributed by atoms with E-state index in [1.165, 1.54) is 41.0 Å². The number of benzene rings is 2. The molecule has 336 valence electrons. The van der Waals surface area contributed by atoms with Gasteiger partial charge in [0, 0.05) is 37.1 Å². The third-order valence-corrected chi connectivity index (χ3v) is 12.3. The maximum absolute atomic E-state index is 14.8. The average Bonchev–Trinajstić information content (AvgIpc) is 3.81. The lowest BCUT2D eigenvalue weighted by molar-refractivity contribution is -0.158. The van der Waals surface area contributed by atoms with E-state index in [1.807, 2.05) is 6.92 Å². The Kier molecular flexibility index (Phi) is 14.4. The number of amides is 7. The molecule has 4 aliphatic heterocycles. The molecule has 5 N–H and O–H groups in total. The topological polar surface area (TPSA) is 233 Å². The highest BCUT2D eigenvalue weighted by atomic mass is 35.5. The van der Waals surface area contributed by atoms with Crippen molar-refractivity contribution in [1.82, 2.24) is 35.4 Å². The minimum atomic E-state index is -3.88. The van der Waals surface area contributed by atoms with E-state index in [-0.39, 0.29) is 67.5 Å². The lowest BCUT2D eigenvalue weighted by Gasteiger charge is -2.39. The van der Waals surface area contributed by atoms with E-state index >= 15 is 0 Å². The number of rotatable bonds is 8. The quantitative estimate of drug-likeness (QED) is 0.236. The van der Waals surface area contributed by atoms with Crippen molar-refractivity contribution < 1.29 is 55.5 Å². The van der Waals surface area contributed by atoms with Crippen LogP contribution in [0.3, 0.4) is 0 Å². The molecule has 0 aliphatic carbocycles. The minimum Gasteiger partial charge on any atom is -0.461 e. The van der Waals surface area contributed by atoms with E-state index in [0.717, 1.165) is 29.4 Å². The molecule has 6 rings (SSSR count). The molecule has 0 aromatic heterocycles. The van der Waals surface area contributed by atoms with Gasteiger partial charge in [0.2, 0.25) is 39.6 Å². The standard InChI is InChI=1S/C40H49ClF2N8O10S/c1-21-13-33-39(57)61-20-30(45-34(52)29(15-23-7-6-8-25(42)14-23)47-40(58)46-28-11-10-24(41)16-27(28)43)37(55)51-19-26(48-62(3,59)60)17-32(51)38(56)49-12-5-4-9-31(49)35(53)44-22(2)36(54)50(33)18-21/h6-8,10-11,14,16,21-22,26,29-33,48H,4-5,9,12-13,15,17-20H2,1-3H3,(H,44,53)(H,45,52)(H2,46,47,58)/t21-,22+,26?,29+,30+,31+,32+,33+/m1/s1. The Morgan fingerprint density at radius 3 is 2.37 bits per heavy atom. The first-order valence-electron chi connectivity index (χ1n) is 20.2. The van der Waals surface area contributed by atoms with E-state index in [2.05, 4.69) is 26.0 Å². The molecule has 18 nitrogen and oxygen atoms in total. The Morgan fingerprint density at radius 1 is 0.919 bits per heavy atom. The summed E-state index contributed by atoms with van der Waals surface area (Å²) in [6.07, 6.45) is 1.81. The first kappa shape index (κ1) is 46.1. The lowest BCUT2D eigenvalue weighted by atomic mass is 9.99. The van der Waals surface area contributed by atoms with Gasteiger partial charge in [-0.1, -0.05) is 30.7 Å². The summed E-state index contributed by atoms with van der Waals surface area (Å²) in [5, 5.41) is 9.95. The van der Waals surface area contributed by atoms with E-state index in [9.17, 15) is 50.8 Å². The van der Waals surface area contributed by atoms with Crippen molar-refractivity contribution in [2.24, 2.45) is 5.92 Å². The molecule has 4 aliphatic rings. The third kappa shape index (κ3) is 11.1. The van der Waals surface area contributed by atoms with Crippen molar-refractivity contribution in [3.63, 3.8) is 0 Å². The fourth-order valence-electron chi connectivity index (χ4n) is 8.42. The first-order chi connectivity index (χ1) is 29.3. The molecule has 0 saturated carbocycles. The van der Waals surface area contributed by atoms with E-state index in [1.54, 1.807) is 0 Å². The third-order valence-electron chi connectivity index (χ3n) is 11.3. The number of sulfonamides is 1. The Morgan fingerprint density at radius 2 is 1.66 bits per heavy atom. The van der Waals surface area contributed by atoms with Gasteiger partial charge in [-0.3, -0.25) is 24.0 Å². The molecule has 2 aromatic rings. The van der Waals surface area contributed by atoms with E-state index < -0.39 is 112 Å². The largest absolute Gasteiger partial charge is 0.461 e. The molecule has 22 heteroatoms. The number of halogens is 3. The summed E-state index contributed by atoms with van der Waals surface area (Å²) in [6.45, 7) is 2.33. The van der Waals surface area contributed by atoms with Crippen molar-refractivity contribution >= 4 is 68.8 Å². The molecule has 4 fully saturated rings. The van der Waals surface area contributed by atoms with Gasteiger partial charge < -0.3 is 40.7 Å². The summed E-state index contributed by atoms with van der Waals surface area (Å²) in [5.74, 6) is -6.56. The number of carbonyl (C=O) groups excluding carboxylic acids is 7. The Bertz CT molecular complexity index is 2220. The second kappa shape index (κ2) is 19.3. The number of carbonyl (C=O) groups is 7. The van der Waals surface area contributed by atoms with Crippen molar-refractivity contribution in [3.8, 4) is 0 Å². The summed E-state index contributed by atoms with van der Waals surface area (Å²) in [4.78, 5) is 102. The van der Waals surface area contributed by atoms with Crippen LogP contribution < -0.4 is 26.0 Å². The average molecular weight is 907 g/mol. The summed E-state index contributed by atoms with van der Waals surface area (Å²) >= 11 is 5.84. The smallest absolute Gasteiger partial charge is 0.328 e. The molecular weight excluding hydrogens is 858 g/mol. The molecule has 0 spiro atoms. The van der Waals surface area contributed by atoms with Crippen molar-refractivity contribution in [1.29, 1.82) is 0 Å². The first-order valence-corrected chi connectivity index (χ1v) is 22.5. The summed E-state index contributed by atoms with van der Waals surface area (Å²) in [6, 6.07) is -1.55. The van der Waals surface area contributed by atoms with Crippen molar-refractivity contribution in [3.05, 3.63) is 64.7 Å². The normalized spacial score (nSPS) is 26.8. The summed E-state index contributed by atoms with van der Waals surface area (Å²) < 4.78 is 61.9. The van der Waals surface area contributed by atoms with Gasteiger partial charge in [0.15, 0.2) is 0 Å². The zero-order chi connectivity index (χ0) is 45.0. The van der Waals surface area contributed by atoms with Gasteiger partial charge in [-0.15, -0.1) is 0 Å². The monoisotopic (exact) mass is 906 g/mol. The summed E-state index contributed by atoms with van der Waals surface area (Å²) in [5.41, 5.74) is -0.0664. The van der Waals surface area contributed by atoms with Crippen molar-refractivity contribution in [2.45, 2.75) is 94.7 Å². The molecule has 62 heavy (non-hydrogen) atoms. The Balaban J connectivity index is 1.36. The molecule has 8 atom stereocenters. The van der Waals surface area contributed by atoms with Gasteiger partial charge in [0.1, 0.15) is 54.5 Å². The predicted molar refractivity (Wildman–Crippen MR) is 218 cm³/mol. The second-order valence-electron chi connectivity index (χ2n) is 16.3. The van der Waals surface area contributed by atoms with Crippen LogP contribution in [0.25, 0.3) is 0 Å². The predicted octanol–water partition coefficient (Wildman–Crippen LogP) is 1.03. The van der Waals surface area contributed by atoms with Crippen LogP contribution in [0.1, 0.15) is 51.5 Å². The van der Waals surface area contributed by atoms with Crippen LogP contribution in [-0.2, 0) is 49.9 Å².